The van der Waals surface area contributed by atoms with Crippen LogP contribution in [0.15, 0.2) is 41.0 Å². The molecule has 96 valence electrons. The van der Waals surface area contributed by atoms with Gasteiger partial charge < -0.3 is 19.6 Å². The van der Waals surface area contributed by atoms with Crippen molar-refractivity contribution in [1.29, 1.82) is 0 Å². The predicted octanol–water partition coefficient (Wildman–Crippen LogP) is 2.46. The Balaban J connectivity index is 1.84. The van der Waals surface area contributed by atoms with Crippen LogP contribution in [0.1, 0.15) is 16.9 Å². The second-order valence-corrected chi connectivity index (χ2v) is 3.91. The lowest BCUT2D eigenvalue weighted by molar-refractivity contribution is 0.106. The van der Waals surface area contributed by atoms with Crippen LogP contribution in [-0.4, -0.2) is 7.11 Å². The van der Waals surface area contributed by atoms with E-state index in [4.69, 9.17) is 19.6 Å². The zero-order chi connectivity index (χ0) is 12.8. The summed E-state index contributed by atoms with van der Waals surface area (Å²) in [5.74, 6) is 1.63. The highest BCUT2D eigenvalue weighted by Gasteiger charge is 2.04. The predicted molar refractivity (Wildman–Crippen MR) is 68.1 cm³/mol. The quantitative estimate of drug-likeness (QED) is 0.852. The van der Waals surface area contributed by atoms with Crippen LogP contribution >= 0.6 is 0 Å². The Morgan fingerprint density at radius 3 is 2.56 bits per heavy atom. The molecular weight excluding hydrogens is 230 g/mol. The number of hydrogen-bond acceptors (Lipinski definition) is 4. The van der Waals surface area contributed by atoms with E-state index in [9.17, 15) is 0 Å². The van der Waals surface area contributed by atoms with Crippen LogP contribution in [0, 0.1) is 0 Å². The van der Waals surface area contributed by atoms with E-state index >= 15 is 0 Å². The summed E-state index contributed by atoms with van der Waals surface area (Å²) in [4.78, 5) is 0. The summed E-state index contributed by atoms with van der Waals surface area (Å²) in [6.07, 6.45) is 1.63. The molecule has 1 aromatic heterocycles. The van der Waals surface area contributed by atoms with Gasteiger partial charge in [0, 0.05) is 5.56 Å². The van der Waals surface area contributed by atoms with Crippen molar-refractivity contribution in [2.45, 2.75) is 19.8 Å². The van der Waals surface area contributed by atoms with E-state index < -0.39 is 0 Å². The topological polar surface area (TPSA) is 57.6 Å². The molecule has 2 rings (SSSR count). The fraction of sp³-hybridized carbons (Fsp3) is 0.286. The molecule has 0 saturated carbocycles. The molecule has 18 heavy (non-hydrogen) atoms. The first-order chi connectivity index (χ1) is 8.83. The standard InChI is InChI=1S/C14H17NO3/c1-16-13-4-2-11(3-5-13)9-17-10-12-6-7-18-14(12)8-15/h2-7H,8-10,15H2,1H3. The Morgan fingerprint density at radius 2 is 1.89 bits per heavy atom. The second-order valence-electron chi connectivity index (χ2n) is 3.91. The van der Waals surface area contributed by atoms with Crippen molar-refractivity contribution >= 4 is 0 Å². The molecule has 0 bridgehead atoms. The number of nitrogens with two attached hydrogens (primary N) is 1. The monoisotopic (exact) mass is 247 g/mol. The van der Waals surface area contributed by atoms with Gasteiger partial charge >= 0.3 is 0 Å². The molecule has 0 fully saturated rings. The Kier molecular flexibility index (Phi) is 4.39. The van der Waals surface area contributed by atoms with E-state index in [0.29, 0.717) is 19.8 Å². The van der Waals surface area contributed by atoms with E-state index in [1.807, 2.05) is 30.3 Å². The molecular formula is C14H17NO3. The lowest BCUT2D eigenvalue weighted by Crippen LogP contribution is -2.00. The summed E-state index contributed by atoms with van der Waals surface area (Å²) in [5.41, 5.74) is 7.66. The van der Waals surface area contributed by atoms with Gasteiger partial charge in [0.2, 0.25) is 0 Å². The van der Waals surface area contributed by atoms with E-state index in [2.05, 4.69) is 0 Å². The van der Waals surface area contributed by atoms with Gasteiger partial charge in [-0.3, -0.25) is 0 Å². The average molecular weight is 247 g/mol. The third-order valence-electron chi connectivity index (χ3n) is 2.71. The summed E-state index contributed by atoms with van der Waals surface area (Å²) in [5, 5.41) is 0. The molecule has 0 aliphatic heterocycles. The van der Waals surface area contributed by atoms with Gasteiger partial charge in [0.05, 0.1) is 33.1 Å². The maximum absolute atomic E-state index is 5.62. The molecule has 4 nitrogen and oxygen atoms in total. The average Bonchev–Trinajstić information content (AvgIpc) is 2.87. The SMILES string of the molecule is COc1ccc(COCc2ccoc2CN)cc1. The lowest BCUT2D eigenvalue weighted by atomic mass is 10.2. The van der Waals surface area contributed by atoms with Gasteiger partial charge in [0.15, 0.2) is 0 Å². The number of benzene rings is 1. The number of hydrogen-bond donors (Lipinski definition) is 1. The van der Waals surface area contributed by atoms with Crippen LogP contribution in [-0.2, 0) is 24.5 Å². The molecule has 0 radical (unpaired) electrons. The third-order valence-corrected chi connectivity index (χ3v) is 2.71. The van der Waals surface area contributed by atoms with E-state index in [1.165, 1.54) is 0 Å². The van der Waals surface area contributed by atoms with Gasteiger partial charge in [-0.25, -0.2) is 0 Å². The number of furan rings is 1. The zero-order valence-corrected chi connectivity index (χ0v) is 10.4. The number of methoxy groups -OCH3 is 1. The largest absolute Gasteiger partial charge is 0.497 e. The lowest BCUT2D eigenvalue weighted by Gasteiger charge is -2.05. The molecule has 2 N–H and O–H groups in total. The van der Waals surface area contributed by atoms with Crippen molar-refractivity contribution in [3.05, 3.63) is 53.5 Å². The minimum absolute atomic E-state index is 0.397. The molecule has 0 amide bonds. The van der Waals surface area contributed by atoms with Gasteiger partial charge in [0.1, 0.15) is 11.5 Å². The molecule has 0 aliphatic rings. The third kappa shape index (κ3) is 3.12. The Hall–Kier alpha value is -1.78. The Morgan fingerprint density at radius 1 is 1.11 bits per heavy atom. The molecule has 0 aliphatic carbocycles. The van der Waals surface area contributed by atoms with Crippen LogP contribution in [0.4, 0.5) is 0 Å². The Bertz CT molecular complexity index is 476. The first-order valence-electron chi connectivity index (χ1n) is 5.79. The molecule has 0 saturated heterocycles. The van der Waals surface area contributed by atoms with Crippen LogP contribution in [0.25, 0.3) is 0 Å². The van der Waals surface area contributed by atoms with Gasteiger partial charge in [-0.15, -0.1) is 0 Å². The molecule has 1 heterocycles. The van der Waals surface area contributed by atoms with Crippen LogP contribution < -0.4 is 10.5 Å². The fourth-order valence-electron chi connectivity index (χ4n) is 1.68. The fourth-order valence-corrected chi connectivity index (χ4v) is 1.68. The first kappa shape index (κ1) is 12.7. The van der Waals surface area contributed by atoms with Crippen LogP contribution in [0.2, 0.25) is 0 Å². The van der Waals surface area contributed by atoms with Crippen molar-refractivity contribution < 1.29 is 13.9 Å². The summed E-state index contributed by atoms with van der Waals surface area (Å²) in [6, 6.07) is 9.69. The van der Waals surface area contributed by atoms with Crippen LogP contribution in [0.3, 0.4) is 0 Å². The van der Waals surface area contributed by atoms with Crippen molar-refractivity contribution in [1.82, 2.24) is 0 Å². The van der Waals surface area contributed by atoms with Gasteiger partial charge in [-0.1, -0.05) is 12.1 Å². The molecule has 1 aromatic carbocycles. The normalized spacial score (nSPS) is 10.6. The molecule has 2 aromatic rings. The first-order valence-corrected chi connectivity index (χ1v) is 5.79. The van der Waals surface area contributed by atoms with Gasteiger partial charge in [-0.2, -0.15) is 0 Å². The second kappa shape index (κ2) is 6.23. The van der Waals surface area contributed by atoms with E-state index in [1.54, 1.807) is 13.4 Å². The maximum Gasteiger partial charge on any atom is 0.122 e. The maximum atomic E-state index is 5.62. The van der Waals surface area contributed by atoms with E-state index in [-0.39, 0.29) is 0 Å². The summed E-state index contributed by atoms with van der Waals surface area (Å²) >= 11 is 0. The Labute approximate surface area is 106 Å². The van der Waals surface area contributed by atoms with Gasteiger partial charge in [-0.05, 0) is 23.8 Å². The zero-order valence-electron chi connectivity index (χ0n) is 10.4. The highest BCUT2D eigenvalue weighted by Crippen LogP contribution is 2.14. The molecule has 4 heteroatoms. The highest BCUT2D eigenvalue weighted by atomic mass is 16.5. The minimum Gasteiger partial charge on any atom is -0.497 e. The van der Waals surface area contributed by atoms with Crippen molar-refractivity contribution in [2.75, 3.05) is 7.11 Å². The van der Waals surface area contributed by atoms with Crippen molar-refractivity contribution in [2.24, 2.45) is 5.73 Å². The summed E-state index contributed by atoms with van der Waals surface area (Å²) in [6.45, 7) is 1.46. The molecule has 0 spiro atoms. The summed E-state index contributed by atoms with van der Waals surface area (Å²) < 4.78 is 15.9. The number of ether oxygens (including phenoxy) is 2. The number of rotatable bonds is 6. The summed E-state index contributed by atoms with van der Waals surface area (Å²) in [7, 11) is 1.65. The minimum atomic E-state index is 0.397. The molecule has 0 unspecified atom stereocenters. The highest BCUT2D eigenvalue weighted by molar-refractivity contribution is 5.26. The van der Waals surface area contributed by atoms with Crippen molar-refractivity contribution in [3.8, 4) is 5.75 Å². The van der Waals surface area contributed by atoms with Crippen molar-refractivity contribution in [3.63, 3.8) is 0 Å². The van der Waals surface area contributed by atoms with Gasteiger partial charge in [0.25, 0.3) is 0 Å². The van der Waals surface area contributed by atoms with E-state index in [0.717, 1.165) is 22.6 Å². The smallest absolute Gasteiger partial charge is 0.122 e. The van der Waals surface area contributed by atoms with Crippen LogP contribution in [0.5, 0.6) is 5.75 Å². The molecule has 0 atom stereocenters.